The predicted molar refractivity (Wildman–Crippen MR) is 82.5 cm³/mol. The first-order valence-corrected chi connectivity index (χ1v) is 8.10. The zero-order valence-electron chi connectivity index (χ0n) is 11.5. The molecule has 0 aromatic carbocycles. The van der Waals surface area contributed by atoms with Gasteiger partial charge in [0.2, 0.25) is 0 Å². The molecule has 0 aliphatic carbocycles. The third kappa shape index (κ3) is 3.64. The first kappa shape index (κ1) is 14.7. The molecule has 2 rings (SSSR count). The average molecular weight is 343 g/mol. The fourth-order valence-corrected chi connectivity index (χ4v) is 3.36. The molecule has 2 heterocycles. The highest BCUT2D eigenvalue weighted by atomic mass is 79.9. The molecule has 0 fully saturated rings. The molecule has 0 amide bonds. The molecule has 19 heavy (non-hydrogen) atoms. The Morgan fingerprint density at radius 3 is 2.84 bits per heavy atom. The topological polar surface area (TPSA) is 42.7 Å². The van der Waals surface area contributed by atoms with Gasteiger partial charge in [-0.3, -0.25) is 4.68 Å². The zero-order valence-corrected chi connectivity index (χ0v) is 13.9. The summed E-state index contributed by atoms with van der Waals surface area (Å²) in [6.07, 6.45) is 3.85. The van der Waals surface area contributed by atoms with E-state index in [0.29, 0.717) is 0 Å². The Balaban J connectivity index is 2.20. The van der Waals surface area contributed by atoms with E-state index in [1.165, 1.54) is 5.69 Å². The summed E-state index contributed by atoms with van der Waals surface area (Å²) in [6.45, 7) is 5.21. The molecule has 2 aromatic rings. The molecular formula is C13H19BrN4S. The van der Waals surface area contributed by atoms with Gasteiger partial charge in [0.15, 0.2) is 0 Å². The molecule has 0 aliphatic heterocycles. The second kappa shape index (κ2) is 6.63. The van der Waals surface area contributed by atoms with E-state index in [9.17, 15) is 0 Å². The van der Waals surface area contributed by atoms with Crippen molar-refractivity contribution in [2.45, 2.75) is 32.7 Å². The summed E-state index contributed by atoms with van der Waals surface area (Å²) in [4.78, 5) is 4.56. The summed E-state index contributed by atoms with van der Waals surface area (Å²) in [6, 6.07) is 0.239. The lowest BCUT2D eigenvalue weighted by atomic mass is 10.1. The van der Waals surface area contributed by atoms with Crippen molar-refractivity contribution < 1.29 is 0 Å². The number of nitrogens with one attached hydrogen (secondary N) is 1. The number of aromatic nitrogens is 3. The van der Waals surface area contributed by atoms with Crippen molar-refractivity contribution in [1.29, 1.82) is 0 Å². The zero-order chi connectivity index (χ0) is 13.8. The van der Waals surface area contributed by atoms with Crippen molar-refractivity contribution in [3.63, 3.8) is 0 Å². The molecule has 0 aliphatic rings. The van der Waals surface area contributed by atoms with Gasteiger partial charge in [-0.2, -0.15) is 5.10 Å². The van der Waals surface area contributed by atoms with Crippen molar-refractivity contribution >= 4 is 27.3 Å². The number of thiazole rings is 1. The van der Waals surface area contributed by atoms with Gasteiger partial charge >= 0.3 is 0 Å². The van der Waals surface area contributed by atoms with Crippen molar-refractivity contribution in [3.05, 3.63) is 32.4 Å². The normalized spacial score (nSPS) is 12.8. The highest BCUT2D eigenvalue weighted by molar-refractivity contribution is 9.10. The van der Waals surface area contributed by atoms with Crippen LogP contribution in [0.15, 0.2) is 16.0 Å². The predicted octanol–water partition coefficient (Wildman–Crippen LogP) is 3.23. The maximum Gasteiger partial charge on any atom is 0.0897 e. The van der Waals surface area contributed by atoms with Crippen molar-refractivity contribution in [2.24, 2.45) is 7.05 Å². The van der Waals surface area contributed by atoms with Gasteiger partial charge in [0.1, 0.15) is 0 Å². The van der Waals surface area contributed by atoms with E-state index in [0.717, 1.165) is 34.6 Å². The summed E-state index contributed by atoms with van der Waals surface area (Å²) in [5, 5.41) is 11.1. The van der Waals surface area contributed by atoms with E-state index in [-0.39, 0.29) is 6.04 Å². The molecule has 0 radical (unpaired) electrons. The molecule has 0 saturated carbocycles. The molecule has 1 atom stereocenters. The fraction of sp³-hybridized carbons (Fsp3) is 0.538. The van der Waals surface area contributed by atoms with E-state index >= 15 is 0 Å². The first-order chi connectivity index (χ1) is 9.11. The minimum Gasteiger partial charge on any atom is -0.308 e. The van der Waals surface area contributed by atoms with Crippen LogP contribution in [0.25, 0.3) is 0 Å². The maximum absolute atomic E-state index is 4.56. The molecule has 2 aromatic heterocycles. The molecule has 1 N–H and O–H groups in total. The minimum absolute atomic E-state index is 0.239. The molecule has 104 valence electrons. The van der Waals surface area contributed by atoms with E-state index in [1.54, 1.807) is 11.3 Å². The summed E-state index contributed by atoms with van der Waals surface area (Å²) < 4.78 is 2.98. The van der Waals surface area contributed by atoms with E-state index < -0.39 is 0 Å². The van der Waals surface area contributed by atoms with Crippen LogP contribution in [0.4, 0.5) is 0 Å². The fourth-order valence-electron chi connectivity index (χ4n) is 2.11. The number of rotatable bonds is 6. The Bertz CT molecular complexity index is 515. The van der Waals surface area contributed by atoms with Crippen LogP contribution in [-0.4, -0.2) is 21.3 Å². The van der Waals surface area contributed by atoms with Crippen LogP contribution < -0.4 is 5.32 Å². The van der Waals surface area contributed by atoms with Crippen LogP contribution in [0.2, 0.25) is 0 Å². The van der Waals surface area contributed by atoms with Gasteiger partial charge < -0.3 is 5.32 Å². The SMILES string of the molecule is CCCNC(Cc1csc(C)n1)c1c(Br)cnn1C. The lowest BCUT2D eigenvalue weighted by molar-refractivity contribution is 0.488. The number of aryl methyl sites for hydroxylation is 2. The van der Waals surface area contributed by atoms with Crippen LogP contribution in [0.5, 0.6) is 0 Å². The van der Waals surface area contributed by atoms with Gasteiger partial charge in [-0.05, 0) is 35.8 Å². The third-order valence-electron chi connectivity index (χ3n) is 2.99. The molecule has 1 unspecified atom stereocenters. The van der Waals surface area contributed by atoms with Gasteiger partial charge in [0, 0.05) is 18.8 Å². The van der Waals surface area contributed by atoms with Crippen LogP contribution in [0.3, 0.4) is 0 Å². The van der Waals surface area contributed by atoms with E-state index in [2.05, 4.69) is 43.6 Å². The second-order valence-corrected chi connectivity index (χ2v) is 6.49. The van der Waals surface area contributed by atoms with E-state index in [4.69, 9.17) is 0 Å². The summed E-state index contributed by atoms with van der Waals surface area (Å²) >= 11 is 5.29. The number of hydrogen-bond acceptors (Lipinski definition) is 4. The third-order valence-corrected chi connectivity index (χ3v) is 4.42. The van der Waals surface area contributed by atoms with Crippen molar-refractivity contribution in [1.82, 2.24) is 20.1 Å². The minimum atomic E-state index is 0.239. The van der Waals surface area contributed by atoms with Crippen LogP contribution in [0, 0.1) is 6.92 Å². The van der Waals surface area contributed by atoms with Gasteiger partial charge in [0.05, 0.1) is 33.1 Å². The van der Waals surface area contributed by atoms with E-state index in [1.807, 2.05) is 24.9 Å². The standard InChI is InChI=1S/C13H19BrN4S/c1-4-5-15-12(6-10-8-19-9(2)17-10)13-11(14)7-16-18(13)3/h7-8,12,15H,4-6H2,1-3H3. The monoisotopic (exact) mass is 342 g/mol. The molecule has 4 nitrogen and oxygen atoms in total. The summed E-state index contributed by atoms with van der Waals surface area (Å²) in [5.74, 6) is 0. The first-order valence-electron chi connectivity index (χ1n) is 6.43. The smallest absolute Gasteiger partial charge is 0.0897 e. The Morgan fingerprint density at radius 2 is 2.32 bits per heavy atom. The highest BCUT2D eigenvalue weighted by Crippen LogP contribution is 2.26. The molecule has 0 spiro atoms. The number of nitrogens with zero attached hydrogens (tertiary/aromatic N) is 3. The van der Waals surface area contributed by atoms with Gasteiger partial charge in [-0.25, -0.2) is 4.98 Å². The van der Waals surface area contributed by atoms with Crippen molar-refractivity contribution in [2.75, 3.05) is 6.54 Å². The molecule has 0 bridgehead atoms. The molecular weight excluding hydrogens is 324 g/mol. The summed E-state index contributed by atoms with van der Waals surface area (Å²) in [7, 11) is 1.98. The molecule has 0 saturated heterocycles. The van der Waals surface area contributed by atoms with Crippen LogP contribution in [0.1, 0.15) is 35.8 Å². The Morgan fingerprint density at radius 1 is 1.53 bits per heavy atom. The van der Waals surface area contributed by atoms with Crippen LogP contribution in [-0.2, 0) is 13.5 Å². The van der Waals surface area contributed by atoms with Crippen molar-refractivity contribution in [3.8, 4) is 0 Å². The maximum atomic E-state index is 4.56. The Kier molecular flexibility index (Phi) is 5.13. The summed E-state index contributed by atoms with van der Waals surface area (Å²) in [5.41, 5.74) is 2.32. The number of hydrogen-bond donors (Lipinski definition) is 1. The van der Waals surface area contributed by atoms with Crippen LogP contribution >= 0.6 is 27.3 Å². The van der Waals surface area contributed by atoms with Gasteiger partial charge in [-0.1, -0.05) is 6.92 Å². The van der Waals surface area contributed by atoms with Gasteiger partial charge in [-0.15, -0.1) is 11.3 Å². The largest absolute Gasteiger partial charge is 0.308 e. The second-order valence-electron chi connectivity index (χ2n) is 4.57. The highest BCUT2D eigenvalue weighted by Gasteiger charge is 2.19. The molecule has 6 heteroatoms. The van der Waals surface area contributed by atoms with Gasteiger partial charge in [0.25, 0.3) is 0 Å². The average Bonchev–Trinajstić information content (AvgIpc) is 2.92. The lowest BCUT2D eigenvalue weighted by Crippen LogP contribution is -2.26. The Hall–Kier alpha value is -0.720. The number of halogens is 1. The quantitative estimate of drug-likeness (QED) is 0.876. The lowest BCUT2D eigenvalue weighted by Gasteiger charge is -2.18. The Labute approximate surface area is 126 Å².